The molecule has 0 atom stereocenters. The second kappa shape index (κ2) is 6.19. The van der Waals surface area contributed by atoms with Gasteiger partial charge in [-0.05, 0) is 43.7 Å². The summed E-state index contributed by atoms with van der Waals surface area (Å²) in [6.45, 7) is 3.80. The van der Waals surface area contributed by atoms with Crippen LogP contribution >= 0.6 is 0 Å². The summed E-state index contributed by atoms with van der Waals surface area (Å²) in [5.74, 6) is -0.511. The quantitative estimate of drug-likeness (QED) is 0.695. The topological polar surface area (TPSA) is 75.2 Å². The van der Waals surface area contributed by atoms with Crippen LogP contribution in [0.2, 0.25) is 0 Å². The summed E-state index contributed by atoms with van der Waals surface area (Å²) in [5.41, 5.74) is 3.04. The number of ether oxygens (including phenoxy) is 1. The van der Waals surface area contributed by atoms with E-state index in [-0.39, 0.29) is 5.57 Å². The van der Waals surface area contributed by atoms with E-state index in [0.717, 1.165) is 22.8 Å². The molecular formula is C17H16N2O3. The van der Waals surface area contributed by atoms with Crippen molar-refractivity contribution >= 4 is 12.0 Å². The van der Waals surface area contributed by atoms with Crippen molar-refractivity contribution in [1.29, 1.82) is 5.26 Å². The van der Waals surface area contributed by atoms with Crippen molar-refractivity contribution in [2.45, 2.75) is 13.8 Å². The lowest BCUT2D eigenvalue weighted by Crippen LogP contribution is -2.02. The van der Waals surface area contributed by atoms with Crippen LogP contribution in [0, 0.1) is 25.2 Å². The van der Waals surface area contributed by atoms with Gasteiger partial charge in [0.1, 0.15) is 17.4 Å². The van der Waals surface area contributed by atoms with E-state index in [4.69, 9.17) is 15.1 Å². The SMILES string of the molecule is COc1ccccc1-n1c(C)cc(/C=C(\C#N)C(=O)O)c1C. The summed E-state index contributed by atoms with van der Waals surface area (Å²) < 4.78 is 7.35. The first-order valence-corrected chi connectivity index (χ1v) is 6.67. The monoisotopic (exact) mass is 296 g/mol. The van der Waals surface area contributed by atoms with Crippen molar-refractivity contribution in [3.8, 4) is 17.5 Å². The fourth-order valence-electron chi connectivity index (χ4n) is 2.42. The van der Waals surface area contributed by atoms with Crippen molar-refractivity contribution in [3.05, 3.63) is 52.9 Å². The Labute approximate surface area is 128 Å². The highest BCUT2D eigenvalue weighted by molar-refractivity contribution is 5.96. The summed E-state index contributed by atoms with van der Waals surface area (Å²) in [5, 5.41) is 17.9. The molecule has 0 amide bonds. The van der Waals surface area contributed by atoms with Gasteiger partial charge < -0.3 is 14.4 Å². The number of nitriles is 1. The molecule has 1 aromatic carbocycles. The Morgan fingerprint density at radius 1 is 1.36 bits per heavy atom. The van der Waals surface area contributed by atoms with E-state index in [1.165, 1.54) is 6.08 Å². The standard InChI is InChI=1S/C17H16N2O3/c1-11-8-13(9-14(10-18)17(20)21)12(2)19(11)15-6-4-5-7-16(15)22-3/h4-9H,1-3H3,(H,20,21)/b14-9+. The molecule has 1 N–H and O–H groups in total. The molecule has 2 aromatic rings. The molecule has 0 aliphatic carbocycles. The van der Waals surface area contributed by atoms with E-state index < -0.39 is 5.97 Å². The average molecular weight is 296 g/mol. The van der Waals surface area contributed by atoms with Crippen LogP contribution in [0.3, 0.4) is 0 Å². The molecule has 0 saturated carbocycles. The van der Waals surface area contributed by atoms with E-state index in [1.807, 2.05) is 48.7 Å². The molecule has 1 aromatic heterocycles. The number of aromatic nitrogens is 1. The number of aryl methyl sites for hydroxylation is 1. The highest BCUT2D eigenvalue weighted by Gasteiger charge is 2.14. The number of carboxylic acid groups (broad SMARTS) is 1. The number of benzene rings is 1. The van der Waals surface area contributed by atoms with Gasteiger partial charge in [0.05, 0.1) is 12.8 Å². The molecule has 0 aliphatic heterocycles. The van der Waals surface area contributed by atoms with Crippen molar-refractivity contribution in [1.82, 2.24) is 4.57 Å². The van der Waals surface area contributed by atoms with Gasteiger partial charge in [0.15, 0.2) is 0 Å². The van der Waals surface area contributed by atoms with E-state index in [2.05, 4.69) is 0 Å². The molecule has 0 aliphatic rings. The van der Waals surface area contributed by atoms with Gasteiger partial charge in [0, 0.05) is 11.4 Å². The van der Waals surface area contributed by atoms with Crippen molar-refractivity contribution in [3.63, 3.8) is 0 Å². The lowest BCUT2D eigenvalue weighted by atomic mass is 10.1. The Morgan fingerprint density at radius 2 is 2.05 bits per heavy atom. The minimum Gasteiger partial charge on any atom is -0.495 e. The predicted molar refractivity (Wildman–Crippen MR) is 83.0 cm³/mol. The molecule has 2 rings (SSSR count). The van der Waals surface area contributed by atoms with Crippen LogP contribution in [0.15, 0.2) is 35.9 Å². The second-order valence-corrected chi connectivity index (χ2v) is 4.81. The zero-order valence-electron chi connectivity index (χ0n) is 12.6. The number of carbonyl (C=O) groups is 1. The summed E-state index contributed by atoms with van der Waals surface area (Å²) in [7, 11) is 1.60. The maximum absolute atomic E-state index is 11.0. The molecule has 112 valence electrons. The smallest absolute Gasteiger partial charge is 0.346 e. The van der Waals surface area contributed by atoms with Crippen LogP contribution in [0.25, 0.3) is 11.8 Å². The van der Waals surface area contributed by atoms with Gasteiger partial charge in [-0.25, -0.2) is 4.79 Å². The first-order valence-electron chi connectivity index (χ1n) is 6.67. The molecule has 0 spiro atoms. The first kappa shape index (κ1) is 15.4. The van der Waals surface area contributed by atoms with Gasteiger partial charge in [-0.3, -0.25) is 0 Å². The third-order valence-electron chi connectivity index (χ3n) is 3.45. The van der Waals surface area contributed by atoms with E-state index in [9.17, 15) is 4.79 Å². The predicted octanol–water partition coefficient (Wildman–Crippen LogP) is 3.09. The van der Waals surface area contributed by atoms with Gasteiger partial charge in [0.25, 0.3) is 0 Å². The Kier molecular flexibility index (Phi) is 4.33. The summed E-state index contributed by atoms with van der Waals surface area (Å²) in [4.78, 5) is 11.0. The fourth-order valence-corrected chi connectivity index (χ4v) is 2.42. The number of methoxy groups -OCH3 is 1. The van der Waals surface area contributed by atoms with E-state index in [0.29, 0.717) is 5.56 Å². The van der Waals surface area contributed by atoms with Gasteiger partial charge in [-0.2, -0.15) is 5.26 Å². The van der Waals surface area contributed by atoms with Crippen molar-refractivity contribution < 1.29 is 14.6 Å². The number of hydrogen-bond acceptors (Lipinski definition) is 3. The van der Waals surface area contributed by atoms with Gasteiger partial charge in [0.2, 0.25) is 0 Å². The molecular weight excluding hydrogens is 280 g/mol. The fraction of sp³-hybridized carbons (Fsp3) is 0.176. The maximum Gasteiger partial charge on any atom is 0.346 e. The van der Waals surface area contributed by atoms with Crippen LogP contribution in [-0.2, 0) is 4.79 Å². The third-order valence-corrected chi connectivity index (χ3v) is 3.45. The molecule has 22 heavy (non-hydrogen) atoms. The molecule has 0 bridgehead atoms. The zero-order chi connectivity index (χ0) is 16.3. The zero-order valence-corrected chi connectivity index (χ0v) is 12.6. The van der Waals surface area contributed by atoms with Gasteiger partial charge >= 0.3 is 5.97 Å². The number of carboxylic acids is 1. The second-order valence-electron chi connectivity index (χ2n) is 4.81. The summed E-state index contributed by atoms with van der Waals surface area (Å²) >= 11 is 0. The number of hydrogen-bond donors (Lipinski definition) is 1. The highest BCUT2D eigenvalue weighted by Crippen LogP contribution is 2.28. The number of nitrogens with zero attached hydrogens (tertiary/aromatic N) is 2. The van der Waals surface area contributed by atoms with Crippen LogP contribution in [0.4, 0.5) is 0 Å². The van der Waals surface area contributed by atoms with Crippen molar-refractivity contribution in [2.75, 3.05) is 7.11 Å². The molecule has 5 nitrogen and oxygen atoms in total. The summed E-state index contributed by atoms with van der Waals surface area (Å²) in [6.07, 6.45) is 1.39. The van der Waals surface area contributed by atoms with Gasteiger partial charge in [-0.1, -0.05) is 12.1 Å². The summed E-state index contributed by atoms with van der Waals surface area (Å²) in [6, 6.07) is 11.1. The minimum absolute atomic E-state index is 0.291. The van der Waals surface area contributed by atoms with Crippen LogP contribution < -0.4 is 4.74 Å². The molecule has 5 heteroatoms. The third kappa shape index (κ3) is 2.72. The van der Waals surface area contributed by atoms with E-state index >= 15 is 0 Å². The Hall–Kier alpha value is -3.00. The normalized spacial score (nSPS) is 11.1. The number of aliphatic carboxylic acids is 1. The molecule has 1 heterocycles. The van der Waals surface area contributed by atoms with Gasteiger partial charge in [-0.15, -0.1) is 0 Å². The Morgan fingerprint density at radius 3 is 2.64 bits per heavy atom. The largest absolute Gasteiger partial charge is 0.495 e. The minimum atomic E-state index is -1.23. The maximum atomic E-state index is 11.0. The van der Waals surface area contributed by atoms with Crippen LogP contribution in [-0.4, -0.2) is 22.8 Å². The number of para-hydroxylation sites is 2. The Bertz CT molecular complexity index is 795. The lowest BCUT2D eigenvalue weighted by molar-refractivity contribution is -0.132. The molecule has 0 saturated heterocycles. The molecule has 0 radical (unpaired) electrons. The highest BCUT2D eigenvalue weighted by atomic mass is 16.5. The number of rotatable bonds is 4. The lowest BCUT2D eigenvalue weighted by Gasteiger charge is -2.13. The van der Waals surface area contributed by atoms with Crippen LogP contribution in [0.5, 0.6) is 5.75 Å². The Balaban J connectivity index is 2.63. The average Bonchev–Trinajstić information content (AvgIpc) is 2.78. The molecule has 0 fully saturated rings. The molecule has 0 unspecified atom stereocenters. The van der Waals surface area contributed by atoms with E-state index in [1.54, 1.807) is 13.2 Å². The van der Waals surface area contributed by atoms with Crippen LogP contribution in [0.1, 0.15) is 17.0 Å². The first-order chi connectivity index (χ1) is 10.5. The van der Waals surface area contributed by atoms with Crippen molar-refractivity contribution in [2.24, 2.45) is 0 Å².